The van der Waals surface area contributed by atoms with Crippen molar-refractivity contribution in [2.45, 2.75) is 6.10 Å². The lowest BCUT2D eigenvalue weighted by Gasteiger charge is -2.31. The molecule has 1 amide bonds. The van der Waals surface area contributed by atoms with Crippen molar-refractivity contribution in [3.8, 4) is 5.88 Å². The summed E-state index contributed by atoms with van der Waals surface area (Å²) < 4.78 is 10.1. The minimum atomic E-state index is -1.07. The fourth-order valence-electron chi connectivity index (χ4n) is 1.87. The molecule has 0 radical (unpaired) electrons. The summed E-state index contributed by atoms with van der Waals surface area (Å²) in [5.41, 5.74) is 0.316. The summed E-state index contributed by atoms with van der Waals surface area (Å²) in [6.45, 7) is 0.568. The second kappa shape index (κ2) is 5.66. The van der Waals surface area contributed by atoms with Crippen LogP contribution in [0, 0.1) is 0 Å². The monoisotopic (exact) mass is 266 g/mol. The first kappa shape index (κ1) is 13.3. The molecule has 0 bridgehead atoms. The van der Waals surface area contributed by atoms with Gasteiger partial charge in [0.2, 0.25) is 5.88 Å². The molecule has 0 aromatic carbocycles. The highest BCUT2D eigenvalue weighted by molar-refractivity contribution is 5.96. The van der Waals surface area contributed by atoms with Gasteiger partial charge in [0.25, 0.3) is 5.91 Å². The van der Waals surface area contributed by atoms with E-state index >= 15 is 0 Å². The molecule has 1 unspecified atom stereocenters. The minimum absolute atomic E-state index is 0.0201. The summed E-state index contributed by atoms with van der Waals surface area (Å²) in [5, 5.41) is 8.91. The number of morpholine rings is 1. The highest BCUT2D eigenvalue weighted by atomic mass is 16.5. The van der Waals surface area contributed by atoms with Gasteiger partial charge in [-0.15, -0.1) is 0 Å². The zero-order valence-corrected chi connectivity index (χ0v) is 10.4. The van der Waals surface area contributed by atoms with Crippen LogP contribution in [0.1, 0.15) is 10.4 Å². The van der Waals surface area contributed by atoms with Crippen molar-refractivity contribution in [1.29, 1.82) is 0 Å². The van der Waals surface area contributed by atoms with Gasteiger partial charge in [0, 0.05) is 12.7 Å². The number of hydrogen-bond donors (Lipinski definition) is 1. The van der Waals surface area contributed by atoms with Crippen LogP contribution in [0.5, 0.6) is 5.88 Å². The molecule has 1 saturated heterocycles. The molecular formula is C12H14N2O5. The first-order valence-corrected chi connectivity index (χ1v) is 5.76. The average Bonchev–Trinajstić information content (AvgIpc) is 2.46. The number of ether oxygens (including phenoxy) is 2. The van der Waals surface area contributed by atoms with E-state index in [0.717, 1.165) is 0 Å². The van der Waals surface area contributed by atoms with E-state index in [1.807, 2.05) is 0 Å². The summed E-state index contributed by atoms with van der Waals surface area (Å²) in [6.07, 6.45) is 0.537. The number of aromatic nitrogens is 1. The van der Waals surface area contributed by atoms with Gasteiger partial charge in [-0.1, -0.05) is 0 Å². The standard InChI is InChI=1S/C12H14N2O5/c1-18-10-8(3-2-4-13-10)11(15)14-5-6-19-9(7-14)12(16)17/h2-4,9H,5-7H2,1H3,(H,16,17). The van der Waals surface area contributed by atoms with Crippen LogP contribution in [0.2, 0.25) is 0 Å². The number of aliphatic carboxylic acids is 1. The summed E-state index contributed by atoms with van der Waals surface area (Å²) in [5.74, 6) is -1.15. The van der Waals surface area contributed by atoms with E-state index < -0.39 is 12.1 Å². The number of carbonyl (C=O) groups excluding carboxylic acids is 1. The Labute approximate surface area is 109 Å². The third kappa shape index (κ3) is 2.82. The Hall–Kier alpha value is -2.15. The van der Waals surface area contributed by atoms with Crippen molar-refractivity contribution in [3.63, 3.8) is 0 Å². The van der Waals surface area contributed by atoms with E-state index in [-0.39, 0.29) is 24.9 Å². The molecule has 1 aromatic heterocycles. The number of rotatable bonds is 3. The van der Waals surface area contributed by atoms with Crippen LogP contribution >= 0.6 is 0 Å². The lowest BCUT2D eigenvalue weighted by molar-refractivity contribution is -0.154. The van der Waals surface area contributed by atoms with Crippen LogP contribution in [0.25, 0.3) is 0 Å². The van der Waals surface area contributed by atoms with Crippen LogP contribution < -0.4 is 4.74 Å². The Morgan fingerprint density at radius 3 is 3.05 bits per heavy atom. The molecule has 1 fully saturated rings. The van der Waals surface area contributed by atoms with E-state index in [4.69, 9.17) is 14.6 Å². The van der Waals surface area contributed by atoms with Gasteiger partial charge in [-0.25, -0.2) is 9.78 Å². The zero-order valence-electron chi connectivity index (χ0n) is 10.4. The Morgan fingerprint density at radius 1 is 1.58 bits per heavy atom. The zero-order chi connectivity index (χ0) is 13.8. The molecule has 1 aliphatic heterocycles. The topological polar surface area (TPSA) is 89.0 Å². The fourth-order valence-corrected chi connectivity index (χ4v) is 1.87. The van der Waals surface area contributed by atoms with Crippen molar-refractivity contribution >= 4 is 11.9 Å². The summed E-state index contributed by atoms with van der Waals surface area (Å²) in [7, 11) is 1.43. The number of pyridine rings is 1. The Balaban J connectivity index is 2.17. The number of carbonyl (C=O) groups is 2. The van der Waals surface area contributed by atoms with Crippen LogP contribution in [-0.4, -0.2) is 59.8 Å². The lowest BCUT2D eigenvalue weighted by atomic mass is 10.2. The first-order valence-electron chi connectivity index (χ1n) is 5.76. The molecule has 1 aromatic rings. The normalized spacial score (nSPS) is 19.0. The molecule has 0 spiro atoms. The fraction of sp³-hybridized carbons (Fsp3) is 0.417. The van der Waals surface area contributed by atoms with Crippen LogP contribution in [0.15, 0.2) is 18.3 Å². The van der Waals surface area contributed by atoms with Crippen LogP contribution in [-0.2, 0) is 9.53 Å². The maximum Gasteiger partial charge on any atom is 0.334 e. The third-order valence-electron chi connectivity index (χ3n) is 2.82. The quantitative estimate of drug-likeness (QED) is 0.829. The number of methoxy groups -OCH3 is 1. The maximum absolute atomic E-state index is 12.3. The van der Waals surface area contributed by atoms with Crippen LogP contribution in [0.3, 0.4) is 0 Å². The molecule has 1 atom stereocenters. The minimum Gasteiger partial charge on any atom is -0.480 e. The van der Waals surface area contributed by atoms with E-state index in [9.17, 15) is 9.59 Å². The van der Waals surface area contributed by atoms with E-state index in [1.54, 1.807) is 12.1 Å². The lowest BCUT2D eigenvalue weighted by Crippen LogP contribution is -2.48. The van der Waals surface area contributed by atoms with Gasteiger partial charge in [0.15, 0.2) is 6.10 Å². The number of hydrogen-bond acceptors (Lipinski definition) is 5. The second-order valence-electron chi connectivity index (χ2n) is 4.01. The van der Waals surface area contributed by atoms with Crippen molar-refractivity contribution in [1.82, 2.24) is 9.88 Å². The Bertz CT molecular complexity index is 491. The van der Waals surface area contributed by atoms with Gasteiger partial charge in [-0.05, 0) is 12.1 Å². The molecule has 19 heavy (non-hydrogen) atoms. The number of carboxylic acids is 1. The Kier molecular flexibility index (Phi) is 3.96. The average molecular weight is 266 g/mol. The summed E-state index contributed by atoms with van der Waals surface area (Å²) in [6, 6.07) is 3.23. The number of nitrogens with zero attached hydrogens (tertiary/aromatic N) is 2. The van der Waals surface area contributed by atoms with Crippen LogP contribution in [0.4, 0.5) is 0 Å². The summed E-state index contributed by atoms with van der Waals surface area (Å²) >= 11 is 0. The van der Waals surface area contributed by atoms with E-state index in [2.05, 4.69) is 4.98 Å². The molecule has 102 valence electrons. The molecule has 1 N–H and O–H groups in total. The largest absolute Gasteiger partial charge is 0.480 e. The van der Waals surface area contributed by atoms with Crippen molar-refractivity contribution in [3.05, 3.63) is 23.9 Å². The van der Waals surface area contributed by atoms with E-state index in [1.165, 1.54) is 18.2 Å². The molecule has 7 heteroatoms. The molecule has 1 aliphatic rings. The number of amides is 1. The number of carboxylic acid groups (broad SMARTS) is 1. The first-order chi connectivity index (χ1) is 9.13. The smallest absolute Gasteiger partial charge is 0.334 e. The molecule has 0 aliphatic carbocycles. The van der Waals surface area contributed by atoms with Gasteiger partial charge in [-0.2, -0.15) is 0 Å². The third-order valence-corrected chi connectivity index (χ3v) is 2.82. The van der Waals surface area contributed by atoms with Gasteiger partial charge in [0.05, 0.1) is 20.3 Å². The van der Waals surface area contributed by atoms with Gasteiger partial charge >= 0.3 is 5.97 Å². The van der Waals surface area contributed by atoms with E-state index in [0.29, 0.717) is 12.1 Å². The molecule has 2 heterocycles. The van der Waals surface area contributed by atoms with Crippen molar-refractivity contribution in [2.75, 3.05) is 26.8 Å². The van der Waals surface area contributed by atoms with Gasteiger partial charge in [-0.3, -0.25) is 4.79 Å². The maximum atomic E-state index is 12.3. The molecule has 2 rings (SSSR count). The Morgan fingerprint density at radius 2 is 2.37 bits per heavy atom. The SMILES string of the molecule is COc1ncccc1C(=O)N1CCOC(C(=O)O)C1. The van der Waals surface area contributed by atoms with Gasteiger partial charge < -0.3 is 19.5 Å². The summed E-state index contributed by atoms with van der Waals surface area (Å²) in [4.78, 5) is 28.6. The van der Waals surface area contributed by atoms with Crippen molar-refractivity contribution < 1.29 is 24.2 Å². The van der Waals surface area contributed by atoms with Gasteiger partial charge in [0.1, 0.15) is 5.56 Å². The predicted octanol–water partition coefficient (Wildman–Crippen LogP) is 0.0158. The second-order valence-corrected chi connectivity index (χ2v) is 4.01. The highest BCUT2D eigenvalue weighted by Gasteiger charge is 2.30. The highest BCUT2D eigenvalue weighted by Crippen LogP contribution is 2.18. The predicted molar refractivity (Wildman–Crippen MR) is 64.1 cm³/mol. The van der Waals surface area contributed by atoms with Crippen molar-refractivity contribution in [2.24, 2.45) is 0 Å². The molecule has 0 saturated carbocycles. The molecular weight excluding hydrogens is 252 g/mol. The molecule has 7 nitrogen and oxygen atoms in total.